The third kappa shape index (κ3) is 3.09. The Morgan fingerprint density at radius 1 is 1.43 bits per heavy atom. The second kappa shape index (κ2) is 6.28. The second-order valence-corrected chi connectivity index (χ2v) is 5.97. The summed E-state index contributed by atoms with van der Waals surface area (Å²) in [6.45, 7) is 3.19. The van der Waals surface area contributed by atoms with Crippen LogP contribution in [-0.2, 0) is 4.79 Å². The van der Waals surface area contributed by atoms with Crippen molar-refractivity contribution < 1.29 is 9.53 Å². The molecule has 2 N–H and O–H groups in total. The Morgan fingerprint density at radius 3 is 3.10 bits per heavy atom. The van der Waals surface area contributed by atoms with Gasteiger partial charge in [-0.1, -0.05) is 19.1 Å². The molecule has 0 saturated heterocycles. The number of rotatable bonds is 5. The molecule has 0 fully saturated rings. The fraction of sp³-hybridized carbons (Fsp3) is 0.312. The van der Waals surface area contributed by atoms with E-state index < -0.39 is 0 Å². The van der Waals surface area contributed by atoms with Gasteiger partial charge in [-0.25, -0.2) is 0 Å². The topological polar surface area (TPSA) is 50.4 Å². The van der Waals surface area contributed by atoms with Crippen molar-refractivity contribution in [1.82, 2.24) is 5.32 Å². The van der Waals surface area contributed by atoms with E-state index in [1.54, 1.807) is 11.3 Å². The van der Waals surface area contributed by atoms with Crippen LogP contribution in [0, 0.1) is 0 Å². The van der Waals surface area contributed by atoms with Crippen molar-refractivity contribution in [1.29, 1.82) is 0 Å². The molecular weight excluding hydrogens is 284 g/mol. The molecule has 1 amide bonds. The zero-order valence-corrected chi connectivity index (χ0v) is 12.7. The minimum absolute atomic E-state index is 0.0920. The van der Waals surface area contributed by atoms with Crippen LogP contribution in [0.15, 0.2) is 35.7 Å². The summed E-state index contributed by atoms with van der Waals surface area (Å²) in [6.07, 6.45) is 1.08. The van der Waals surface area contributed by atoms with E-state index >= 15 is 0 Å². The van der Waals surface area contributed by atoms with Gasteiger partial charge in [0.25, 0.3) is 5.91 Å². The van der Waals surface area contributed by atoms with Gasteiger partial charge in [-0.3, -0.25) is 4.79 Å². The van der Waals surface area contributed by atoms with Gasteiger partial charge in [-0.2, -0.15) is 0 Å². The van der Waals surface area contributed by atoms with E-state index in [-0.39, 0.29) is 18.6 Å². The first kappa shape index (κ1) is 14.1. The highest BCUT2D eigenvalue weighted by Gasteiger charge is 2.20. The van der Waals surface area contributed by atoms with E-state index in [0.29, 0.717) is 0 Å². The van der Waals surface area contributed by atoms with Gasteiger partial charge in [0.2, 0.25) is 0 Å². The van der Waals surface area contributed by atoms with Crippen LogP contribution < -0.4 is 15.4 Å². The molecule has 0 aliphatic carbocycles. The molecule has 2 heterocycles. The summed E-state index contributed by atoms with van der Waals surface area (Å²) >= 11 is 1.73. The monoisotopic (exact) mass is 302 g/mol. The number of carbonyl (C=O) groups excluding carboxylic acids is 1. The van der Waals surface area contributed by atoms with E-state index in [9.17, 15) is 4.79 Å². The third-order valence-electron chi connectivity index (χ3n) is 3.40. The van der Waals surface area contributed by atoms with Gasteiger partial charge in [0, 0.05) is 4.88 Å². The van der Waals surface area contributed by atoms with Gasteiger partial charge in [0.05, 0.1) is 11.7 Å². The van der Waals surface area contributed by atoms with Crippen molar-refractivity contribution in [2.75, 3.05) is 18.5 Å². The molecular formula is C16H18N2O2S. The predicted octanol–water partition coefficient (Wildman–Crippen LogP) is 3.17. The number of anilines is 1. The molecule has 0 spiro atoms. The molecule has 1 aliphatic heterocycles. The third-order valence-corrected chi connectivity index (χ3v) is 4.33. The average molecular weight is 302 g/mol. The first-order chi connectivity index (χ1) is 10.3. The highest BCUT2D eigenvalue weighted by Crippen LogP contribution is 2.33. The molecule has 1 unspecified atom stereocenters. The van der Waals surface area contributed by atoms with Crippen LogP contribution in [0.1, 0.15) is 29.8 Å². The summed E-state index contributed by atoms with van der Waals surface area (Å²) in [4.78, 5) is 12.7. The molecule has 0 saturated carbocycles. The molecule has 110 valence electrons. The van der Waals surface area contributed by atoms with Crippen LogP contribution in [0.4, 0.5) is 5.69 Å². The molecule has 1 atom stereocenters. The first-order valence-corrected chi connectivity index (χ1v) is 7.99. The van der Waals surface area contributed by atoms with E-state index in [4.69, 9.17) is 4.74 Å². The number of carbonyl (C=O) groups is 1. The Hall–Kier alpha value is -1.85. The smallest absolute Gasteiger partial charge is 0.262 e. The fourth-order valence-corrected chi connectivity index (χ4v) is 3.23. The van der Waals surface area contributed by atoms with Gasteiger partial charge in [0.1, 0.15) is 5.75 Å². The van der Waals surface area contributed by atoms with E-state index in [1.165, 1.54) is 4.88 Å². The fourth-order valence-electron chi connectivity index (χ4n) is 2.41. The Labute approximate surface area is 128 Å². The summed E-state index contributed by atoms with van der Waals surface area (Å²) in [5.41, 5.74) is 1.89. The maximum absolute atomic E-state index is 11.5. The molecule has 0 radical (unpaired) electrons. The van der Waals surface area contributed by atoms with Crippen molar-refractivity contribution >= 4 is 22.9 Å². The van der Waals surface area contributed by atoms with Crippen LogP contribution in [0.5, 0.6) is 5.75 Å². The number of hydrogen-bond acceptors (Lipinski definition) is 4. The second-order valence-electron chi connectivity index (χ2n) is 5.00. The normalized spacial score (nSPS) is 15.0. The predicted molar refractivity (Wildman–Crippen MR) is 85.0 cm³/mol. The van der Waals surface area contributed by atoms with Crippen molar-refractivity contribution in [3.63, 3.8) is 0 Å². The lowest BCUT2D eigenvalue weighted by atomic mass is 10.0. The van der Waals surface area contributed by atoms with E-state index in [1.807, 2.05) is 12.1 Å². The number of fused-ring (bicyclic) bond motifs is 1. The van der Waals surface area contributed by atoms with Crippen molar-refractivity contribution in [3.8, 4) is 5.75 Å². The standard InChI is InChI=1S/C16H18N2O2S/c1-2-7-17-16(14-4-3-8-21-14)11-5-6-13-12(9-11)18-15(19)10-20-13/h3-6,8-9,16-17H,2,7,10H2,1H3,(H,18,19). The molecule has 1 aromatic carbocycles. The summed E-state index contributed by atoms with van der Waals surface area (Å²) < 4.78 is 5.41. The van der Waals surface area contributed by atoms with Crippen LogP contribution in [0.3, 0.4) is 0 Å². The molecule has 1 aromatic heterocycles. The van der Waals surface area contributed by atoms with E-state index in [2.05, 4.69) is 41.1 Å². The maximum Gasteiger partial charge on any atom is 0.262 e. The zero-order valence-electron chi connectivity index (χ0n) is 11.9. The quantitative estimate of drug-likeness (QED) is 0.892. The number of amides is 1. The summed E-state index contributed by atoms with van der Waals surface area (Å²) in [6, 6.07) is 10.3. The molecule has 3 rings (SSSR count). The molecule has 5 heteroatoms. The highest BCUT2D eigenvalue weighted by molar-refractivity contribution is 7.10. The number of benzene rings is 1. The van der Waals surface area contributed by atoms with Crippen molar-refractivity contribution in [2.45, 2.75) is 19.4 Å². The Kier molecular flexibility index (Phi) is 4.22. The molecule has 1 aliphatic rings. The number of hydrogen-bond donors (Lipinski definition) is 2. The Balaban J connectivity index is 1.92. The summed E-state index contributed by atoms with van der Waals surface area (Å²) in [5, 5.41) is 8.51. The lowest BCUT2D eigenvalue weighted by molar-refractivity contribution is -0.118. The van der Waals surface area contributed by atoms with Gasteiger partial charge in [-0.15, -0.1) is 11.3 Å². The van der Waals surface area contributed by atoms with Gasteiger partial charge < -0.3 is 15.4 Å². The molecule has 2 aromatic rings. The van der Waals surface area contributed by atoms with Crippen LogP contribution in [0.2, 0.25) is 0 Å². The molecule has 0 bridgehead atoms. The highest BCUT2D eigenvalue weighted by atomic mass is 32.1. The van der Waals surface area contributed by atoms with Gasteiger partial charge in [-0.05, 0) is 42.1 Å². The average Bonchev–Trinajstić information content (AvgIpc) is 3.01. The minimum Gasteiger partial charge on any atom is -0.482 e. The minimum atomic E-state index is -0.103. The number of ether oxygens (including phenoxy) is 1. The zero-order chi connectivity index (χ0) is 14.7. The lowest BCUT2D eigenvalue weighted by Gasteiger charge is -2.22. The molecule has 21 heavy (non-hydrogen) atoms. The van der Waals surface area contributed by atoms with Crippen molar-refractivity contribution in [3.05, 3.63) is 46.2 Å². The number of thiophene rings is 1. The molecule has 4 nitrogen and oxygen atoms in total. The SMILES string of the molecule is CCCNC(c1ccc2c(c1)NC(=O)CO2)c1cccs1. The first-order valence-electron chi connectivity index (χ1n) is 7.11. The van der Waals surface area contributed by atoms with Gasteiger partial charge in [0.15, 0.2) is 6.61 Å². The largest absolute Gasteiger partial charge is 0.482 e. The van der Waals surface area contributed by atoms with Gasteiger partial charge >= 0.3 is 0 Å². The summed E-state index contributed by atoms with van der Waals surface area (Å²) in [7, 11) is 0. The van der Waals surface area contributed by atoms with Crippen LogP contribution in [0.25, 0.3) is 0 Å². The van der Waals surface area contributed by atoms with Crippen LogP contribution >= 0.6 is 11.3 Å². The lowest BCUT2D eigenvalue weighted by Crippen LogP contribution is -2.26. The Morgan fingerprint density at radius 2 is 2.33 bits per heavy atom. The maximum atomic E-state index is 11.5. The van der Waals surface area contributed by atoms with Crippen LogP contribution in [-0.4, -0.2) is 19.1 Å². The number of nitrogens with one attached hydrogen (secondary N) is 2. The summed E-state index contributed by atoms with van der Waals surface area (Å²) in [5.74, 6) is 0.632. The van der Waals surface area contributed by atoms with E-state index in [0.717, 1.165) is 30.0 Å². The Bertz CT molecular complexity index is 625. The van der Waals surface area contributed by atoms with Crippen molar-refractivity contribution in [2.24, 2.45) is 0 Å².